The molecule has 0 radical (unpaired) electrons. The number of nitrogens with one attached hydrogen (secondary N) is 1. The Morgan fingerprint density at radius 2 is 2.00 bits per heavy atom. The number of amides is 1. The lowest BCUT2D eigenvalue weighted by molar-refractivity contribution is 0.170. The van der Waals surface area contributed by atoms with Gasteiger partial charge in [0.1, 0.15) is 0 Å². The molecule has 0 aliphatic heterocycles. The summed E-state index contributed by atoms with van der Waals surface area (Å²) < 4.78 is 4.27. The van der Waals surface area contributed by atoms with E-state index in [-0.39, 0.29) is 6.61 Å². The van der Waals surface area contributed by atoms with E-state index in [1.165, 1.54) is 13.5 Å². The fraction of sp³-hybridized carbons (Fsp3) is 0.875. The highest BCUT2D eigenvalue weighted by Crippen LogP contribution is 1.74. The first kappa shape index (κ1) is 13.8. The minimum atomic E-state index is -0.455. The van der Waals surface area contributed by atoms with Crippen molar-refractivity contribution in [2.45, 2.75) is 26.7 Å². The van der Waals surface area contributed by atoms with Crippen LogP contribution in [0.1, 0.15) is 26.7 Å². The number of carbonyl (C=O) groups is 1. The van der Waals surface area contributed by atoms with Crippen molar-refractivity contribution in [2.24, 2.45) is 0 Å². The third-order valence-corrected chi connectivity index (χ3v) is 0.790. The van der Waals surface area contributed by atoms with E-state index < -0.39 is 6.09 Å². The number of hydrogen-bond donors (Lipinski definition) is 2. The third kappa shape index (κ3) is 16.1. The van der Waals surface area contributed by atoms with E-state index in [9.17, 15) is 4.79 Å². The minimum Gasteiger partial charge on any atom is -0.453 e. The van der Waals surface area contributed by atoms with Crippen LogP contribution in [0.25, 0.3) is 0 Å². The van der Waals surface area contributed by atoms with Crippen molar-refractivity contribution in [1.29, 1.82) is 0 Å². The molecular weight excluding hydrogens is 158 g/mol. The normalized spacial score (nSPS) is 8.00. The maximum atomic E-state index is 10.3. The van der Waals surface area contributed by atoms with E-state index in [2.05, 4.69) is 23.9 Å². The highest BCUT2D eigenvalue weighted by atomic mass is 16.5. The van der Waals surface area contributed by atoms with Crippen molar-refractivity contribution in [2.75, 3.05) is 20.3 Å². The SMILES string of the molecule is CCC.COC(=O)NCCCO. The molecule has 0 aliphatic rings. The van der Waals surface area contributed by atoms with Gasteiger partial charge in [-0.15, -0.1) is 0 Å². The summed E-state index contributed by atoms with van der Waals surface area (Å²) in [5, 5.41) is 10.7. The molecule has 1 amide bonds. The molecule has 0 bridgehead atoms. The molecule has 0 unspecified atom stereocenters. The van der Waals surface area contributed by atoms with Crippen LogP contribution in [0.2, 0.25) is 0 Å². The van der Waals surface area contributed by atoms with Gasteiger partial charge in [-0.05, 0) is 6.42 Å². The zero-order valence-corrected chi connectivity index (χ0v) is 8.09. The lowest BCUT2D eigenvalue weighted by atomic mass is 10.5. The second kappa shape index (κ2) is 12.9. The van der Waals surface area contributed by atoms with Gasteiger partial charge in [0.25, 0.3) is 0 Å². The minimum absolute atomic E-state index is 0.0873. The van der Waals surface area contributed by atoms with Gasteiger partial charge in [0.15, 0.2) is 0 Å². The predicted octanol–water partition coefficient (Wildman–Crippen LogP) is 1.14. The van der Waals surface area contributed by atoms with Gasteiger partial charge in [0.05, 0.1) is 7.11 Å². The fourth-order valence-corrected chi connectivity index (χ4v) is 0.342. The Kier molecular flexibility index (Phi) is 14.8. The number of hydrogen-bond acceptors (Lipinski definition) is 3. The Labute approximate surface area is 73.9 Å². The number of aliphatic hydroxyl groups excluding tert-OH is 1. The number of ether oxygens (including phenoxy) is 1. The number of alkyl carbamates (subject to hydrolysis) is 1. The topological polar surface area (TPSA) is 58.6 Å². The van der Waals surface area contributed by atoms with E-state index in [0.29, 0.717) is 13.0 Å². The quantitative estimate of drug-likeness (QED) is 0.635. The molecule has 0 fully saturated rings. The van der Waals surface area contributed by atoms with Crippen molar-refractivity contribution in [3.63, 3.8) is 0 Å². The predicted molar refractivity (Wildman–Crippen MR) is 48.1 cm³/mol. The maximum Gasteiger partial charge on any atom is 0.406 e. The van der Waals surface area contributed by atoms with Gasteiger partial charge >= 0.3 is 6.09 Å². The number of methoxy groups -OCH3 is 1. The van der Waals surface area contributed by atoms with Gasteiger partial charge in [0, 0.05) is 13.2 Å². The third-order valence-electron chi connectivity index (χ3n) is 0.790. The lowest BCUT2D eigenvalue weighted by Crippen LogP contribution is -2.24. The van der Waals surface area contributed by atoms with Gasteiger partial charge in [-0.2, -0.15) is 0 Å². The van der Waals surface area contributed by atoms with Crippen molar-refractivity contribution in [1.82, 2.24) is 5.32 Å². The van der Waals surface area contributed by atoms with E-state index in [0.717, 1.165) is 0 Å². The second-order valence-electron chi connectivity index (χ2n) is 2.20. The molecule has 0 saturated carbocycles. The van der Waals surface area contributed by atoms with Gasteiger partial charge in [-0.3, -0.25) is 0 Å². The Hall–Kier alpha value is -0.770. The molecule has 0 rings (SSSR count). The fourth-order valence-electron chi connectivity index (χ4n) is 0.342. The average molecular weight is 177 g/mol. The maximum absolute atomic E-state index is 10.3. The summed E-state index contributed by atoms with van der Waals surface area (Å²) in [6.45, 7) is 4.80. The van der Waals surface area contributed by atoms with Crippen molar-refractivity contribution in [3.05, 3.63) is 0 Å². The van der Waals surface area contributed by atoms with Crippen LogP contribution in [0.5, 0.6) is 0 Å². The molecule has 0 aromatic rings. The lowest BCUT2D eigenvalue weighted by Gasteiger charge is -1.99. The first-order valence-electron chi connectivity index (χ1n) is 4.15. The van der Waals surface area contributed by atoms with Crippen LogP contribution in [0, 0.1) is 0 Å². The smallest absolute Gasteiger partial charge is 0.406 e. The van der Waals surface area contributed by atoms with E-state index in [1.807, 2.05) is 0 Å². The average Bonchev–Trinajstić information content (AvgIpc) is 2.06. The van der Waals surface area contributed by atoms with E-state index in [4.69, 9.17) is 5.11 Å². The highest BCUT2D eigenvalue weighted by molar-refractivity contribution is 5.66. The van der Waals surface area contributed by atoms with Crippen molar-refractivity contribution in [3.8, 4) is 0 Å². The molecule has 74 valence electrons. The Bertz CT molecular complexity index is 96.3. The van der Waals surface area contributed by atoms with Gasteiger partial charge in [-0.1, -0.05) is 20.3 Å². The van der Waals surface area contributed by atoms with Gasteiger partial charge < -0.3 is 15.2 Å². The molecule has 0 saturated heterocycles. The van der Waals surface area contributed by atoms with Crippen LogP contribution in [-0.2, 0) is 4.74 Å². The second-order valence-corrected chi connectivity index (χ2v) is 2.20. The summed E-state index contributed by atoms with van der Waals surface area (Å²) in [6, 6.07) is 0. The van der Waals surface area contributed by atoms with E-state index in [1.54, 1.807) is 0 Å². The largest absolute Gasteiger partial charge is 0.453 e. The summed E-state index contributed by atoms with van der Waals surface area (Å²) >= 11 is 0. The van der Waals surface area contributed by atoms with Crippen LogP contribution in [-0.4, -0.2) is 31.5 Å². The Morgan fingerprint density at radius 3 is 2.33 bits per heavy atom. The molecule has 2 N–H and O–H groups in total. The molecular formula is C8H19NO3. The number of aliphatic hydroxyl groups is 1. The first-order chi connectivity index (χ1) is 5.72. The summed E-state index contributed by atoms with van der Waals surface area (Å²) in [5.74, 6) is 0. The Morgan fingerprint density at radius 1 is 1.50 bits per heavy atom. The Balaban J connectivity index is 0. The molecule has 4 heteroatoms. The number of rotatable bonds is 3. The summed E-state index contributed by atoms with van der Waals surface area (Å²) in [7, 11) is 1.30. The van der Waals surface area contributed by atoms with Crippen molar-refractivity contribution < 1.29 is 14.6 Å². The summed E-state index contributed by atoms with van der Waals surface area (Å²) in [6.07, 6.45) is 1.36. The molecule has 0 aromatic heterocycles. The monoisotopic (exact) mass is 177 g/mol. The molecule has 4 nitrogen and oxygen atoms in total. The molecule has 0 heterocycles. The van der Waals surface area contributed by atoms with Crippen LogP contribution < -0.4 is 5.32 Å². The molecule has 0 aromatic carbocycles. The standard InChI is InChI=1S/C5H11NO3.C3H8/c1-9-5(8)6-3-2-4-7;1-3-2/h7H,2-4H2,1H3,(H,6,8);3H2,1-2H3. The van der Waals surface area contributed by atoms with Crippen LogP contribution in [0.4, 0.5) is 4.79 Å². The highest BCUT2D eigenvalue weighted by Gasteiger charge is 1.93. The van der Waals surface area contributed by atoms with Crippen molar-refractivity contribution >= 4 is 6.09 Å². The molecule has 0 aliphatic carbocycles. The molecule has 0 atom stereocenters. The zero-order chi connectivity index (χ0) is 9.82. The molecule has 12 heavy (non-hydrogen) atoms. The first-order valence-corrected chi connectivity index (χ1v) is 4.15. The number of carbonyl (C=O) groups excluding carboxylic acids is 1. The van der Waals surface area contributed by atoms with Crippen LogP contribution in [0.3, 0.4) is 0 Å². The molecule has 0 spiro atoms. The van der Waals surface area contributed by atoms with Gasteiger partial charge in [-0.25, -0.2) is 4.79 Å². The van der Waals surface area contributed by atoms with Crippen LogP contribution in [0.15, 0.2) is 0 Å². The zero-order valence-electron chi connectivity index (χ0n) is 8.09. The summed E-state index contributed by atoms with van der Waals surface area (Å²) in [4.78, 5) is 10.3. The van der Waals surface area contributed by atoms with E-state index >= 15 is 0 Å². The van der Waals surface area contributed by atoms with Gasteiger partial charge in [0.2, 0.25) is 0 Å². The van der Waals surface area contributed by atoms with Crippen LogP contribution >= 0.6 is 0 Å². The summed E-state index contributed by atoms with van der Waals surface area (Å²) in [5.41, 5.74) is 0.